The van der Waals surface area contributed by atoms with E-state index in [1.54, 1.807) is 7.11 Å². The van der Waals surface area contributed by atoms with Gasteiger partial charge in [-0.25, -0.2) is 0 Å². The highest BCUT2D eigenvalue weighted by molar-refractivity contribution is 5.52. The van der Waals surface area contributed by atoms with Crippen LogP contribution in [0, 0.1) is 11.3 Å². The van der Waals surface area contributed by atoms with Gasteiger partial charge in [0, 0.05) is 13.6 Å². The molecule has 0 unspecified atom stereocenters. The second-order valence-corrected chi connectivity index (χ2v) is 5.29. The maximum Gasteiger partial charge on any atom is 0.207 e. The van der Waals surface area contributed by atoms with Crippen molar-refractivity contribution in [3.8, 4) is 17.5 Å². The van der Waals surface area contributed by atoms with Crippen LogP contribution in [0.3, 0.4) is 0 Å². The zero-order valence-corrected chi connectivity index (χ0v) is 13.5. The normalized spacial score (nSPS) is 10.2. The number of ether oxygens (including phenoxy) is 1. The maximum absolute atomic E-state index is 9.40. The van der Waals surface area contributed by atoms with Gasteiger partial charge < -0.3 is 9.64 Å². The summed E-state index contributed by atoms with van der Waals surface area (Å²) >= 11 is 0. The van der Waals surface area contributed by atoms with Crippen molar-refractivity contribution in [2.24, 2.45) is 0 Å². The van der Waals surface area contributed by atoms with E-state index in [2.05, 4.69) is 16.3 Å². The highest BCUT2D eigenvalue weighted by Gasteiger charge is 2.17. The van der Waals surface area contributed by atoms with Gasteiger partial charge in [-0.15, -0.1) is 15.0 Å². The lowest BCUT2D eigenvalue weighted by Crippen LogP contribution is -2.18. The molecule has 3 rings (SSSR count). The SMILES string of the molecule is COc1ccccc1-n1nc(C#N)c(N(C)Cc2ccccc2)n1. The standard InChI is InChI=1S/C18H17N5O/c1-22(13-14-8-4-3-5-9-14)18-15(12-19)20-23(21-18)16-10-6-7-11-17(16)24-2/h3-11H,13H2,1-2H3. The van der Waals surface area contributed by atoms with Gasteiger partial charge in [0.2, 0.25) is 5.69 Å². The topological polar surface area (TPSA) is 67.0 Å². The molecule has 1 aromatic heterocycles. The Balaban J connectivity index is 1.95. The monoisotopic (exact) mass is 319 g/mol. The van der Waals surface area contributed by atoms with E-state index in [4.69, 9.17) is 4.74 Å². The fourth-order valence-corrected chi connectivity index (χ4v) is 2.46. The highest BCUT2D eigenvalue weighted by Crippen LogP contribution is 2.23. The summed E-state index contributed by atoms with van der Waals surface area (Å²) in [6.07, 6.45) is 0. The minimum absolute atomic E-state index is 0.277. The van der Waals surface area contributed by atoms with E-state index in [0.717, 1.165) is 5.56 Å². The second-order valence-electron chi connectivity index (χ2n) is 5.29. The molecule has 0 atom stereocenters. The van der Waals surface area contributed by atoms with Gasteiger partial charge in [-0.2, -0.15) is 5.26 Å². The average molecular weight is 319 g/mol. The molecule has 1 heterocycles. The van der Waals surface area contributed by atoms with Crippen molar-refractivity contribution < 1.29 is 4.74 Å². The number of nitrogens with zero attached hydrogens (tertiary/aromatic N) is 5. The first-order valence-electron chi connectivity index (χ1n) is 7.49. The molecule has 0 bridgehead atoms. The van der Waals surface area contributed by atoms with Crippen molar-refractivity contribution in [3.63, 3.8) is 0 Å². The molecule has 3 aromatic rings. The Labute approximate surface area is 140 Å². The van der Waals surface area contributed by atoms with E-state index < -0.39 is 0 Å². The molecule has 0 N–H and O–H groups in total. The third-order valence-electron chi connectivity index (χ3n) is 3.63. The fourth-order valence-electron chi connectivity index (χ4n) is 2.46. The van der Waals surface area contributed by atoms with Crippen LogP contribution in [0.15, 0.2) is 54.6 Å². The van der Waals surface area contributed by atoms with Crippen LogP contribution in [0.2, 0.25) is 0 Å². The minimum atomic E-state index is 0.277. The summed E-state index contributed by atoms with van der Waals surface area (Å²) in [7, 11) is 3.49. The zero-order valence-electron chi connectivity index (χ0n) is 13.5. The van der Waals surface area contributed by atoms with Crippen LogP contribution in [0.1, 0.15) is 11.3 Å². The van der Waals surface area contributed by atoms with Gasteiger partial charge in [0.05, 0.1) is 7.11 Å². The summed E-state index contributed by atoms with van der Waals surface area (Å²) in [5.74, 6) is 1.18. The van der Waals surface area contributed by atoms with Crippen LogP contribution in [-0.2, 0) is 6.54 Å². The lowest BCUT2D eigenvalue weighted by Gasteiger charge is -2.16. The molecule has 0 saturated carbocycles. The van der Waals surface area contributed by atoms with Gasteiger partial charge in [-0.05, 0) is 17.7 Å². The molecular weight excluding hydrogens is 302 g/mol. The molecule has 120 valence electrons. The quantitative estimate of drug-likeness (QED) is 0.723. The van der Waals surface area contributed by atoms with Crippen LogP contribution >= 0.6 is 0 Å². The first-order chi connectivity index (χ1) is 11.7. The van der Waals surface area contributed by atoms with Gasteiger partial charge in [-0.3, -0.25) is 0 Å². The summed E-state index contributed by atoms with van der Waals surface area (Å²) < 4.78 is 5.34. The van der Waals surface area contributed by atoms with Crippen LogP contribution in [0.4, 0.5) is 5.82 Å². The largest absolute Gasteiger partial charge is 0.494 e. The lowest BCUT2D eigenvalue weighted by molar-refractivity contribution is 0.410. The zero-order chi connectivity index (χ0) is 16.9. The van der Waals surface area contributed by atoms with Gasteiger partial charge in [0.15, 0.2) is 5.82 Å². The van der Waals surface area contributed by atoms with Crippen molar-refractivity contribution in [2.75, 3.05) is 19.1 Å². The molecule has 0 spiro atoms. The van der Waals surface area contributed by atoms with E-state index in [-0.39, 0.29) is 5.69 Å². The van der Waals surface area contributed by atoms with Crippen LogP contribution < -0.4 is 9.64 Å². The molecule has 0 amide bonds. The molecule has 6 heteroatoms. The van der Waals surface area contributed by atoms with Crippen molar-refractivity contribution in [1.82, 2.24) is 15.0 Å². The van der Waals surface area contributed by atoms with Gasteiger partial charge in [-0.1, -0.05) is 42.5 Å². The Hall–Kier alpha value is -3.33. The first kappa shape index (κ1) is 15.6. The maximum atomic E-state index is 9.40. The third-order valence-corrected chi connectivity index (χ3v) is 3.63. The highest BCUT2D eigenvalue weighted by atomic mass is 16.5. The number of anilines is 1. The molecule has 0 aliphatic carbocycles. The van der Waals surface area contributed by atoms with Gasteiger partial charge in [0.1, 0.15) is 17.5 Å². The molecule has 0 aliphatic heterocycles. The number of rotatable bonds is 5. The first-order valence-corrected chi connectivity index (χ1v) is 7.49. The number of benzene rings is 2. The lowest BCUT2D eigenvalue weighted by atomic mass is 10.2. The third kappa shape index (κ3) is 3.06. The Morgan fingerprint density at radius 2 is 1.79 bits per heavy atom. The van der Waals surface area contributed by atoms with Crippen LogP contribution in [0.5, 0.6) is 5.75 Å². The number of aromatic nitrogens is 3. The molecule has 0 aliphatic rings. The van der Waals surface area contributed by atoms with Gasteiger partial charge >= 0.3 is 0 Å². The van der Waals surface area contributed by atoms with Gasteiger partial charge in [0.25, 0.3) is 0 Å². The summed E-state index contributed by atoms with van der Waals surface area (Å²) in [5, 5.41) is 18.2. The number of nitriles is 1. The summed E-state index contributed by atoms with van der Waals surface area (Å²) in [4.78, 5) is 3.35. The average Bonchev–Trinajstić information content (AvgIpc) is 3.07. The molecule has 6 nitrogen and oxygen atoms in total. The van der Waals surface area contributed by atoms with E-state index in [0.29, 0.717) is 23.8 Å². The van der Waals surface area contributed by atoms with E-state index in [9.17, 15) is 5.26 Å². The number of para-hydroxylation sites is 2. The van der Waals surface area contributed by atoms with E-state index in [1.165, 1.54) is 4.80 Å². The summed E-state index contributed by atoms with van der Waals surface area (Å²) in [5.41, 5.74) is 2.10. The van der Waals surface area contributed by atoms with E-state index >= 15 is 0 Å². The Kier molecular flexibility index (Phi) is 4.43. The fraction of sp³-hybridized carbons (Fsp3) is 0.167. The minimum Gasteiger partial charge on any atom is -0.494 e. The Morgan fingerprint density at radius 1 is 1.08 bits per heavy atom. The smallest absolute Gasteiger partial charge is 0.207 e. The van der Waals surface area contributed by atoms with Crippen LogP contribution in [-0.4, -0.2) is 29.2 Å². The summed E-state index contributed by atoms with van der Waals surface area (Å²) in [6.45, 7) is 0.639. The molecular formula is C18H17N5O. The van der Waals surface area contributed by atoms with Crippen molar-refractivity contribution >= 4 is 5.82 Å². The molecule has 0 radical (unpaired) electrons. The molecule has 0 saturated heterocycles. The molecule has 24 heavy (non-hydrogen) atoms. The van der Waals surface area contributed by atoms with Crippen molar-refractivity contribution in [1.29, 1.82) is 5.26 Å². The second kappa shape index (κ2) is 6.84. The predicted octanol–water partition coefficient (Wildman–Crippen LogP) is 2.78. The number of methoxy groups -OCH3 is 1. The predicted molar refractivity (Wildman–Crippen MR) is 91.2 cm³/mol. The number of hydrogen-bond acceptors (Lipinski definition) is 5. The van der Waals surface area contributed by atoms with Crippen molar-refractivity contribution in [2.45, 2.75) is 6.54 Å². The number of hydrogen-bond donors (Lipinski definition) is 0. The summed E-state index contributed by atoms with van der Waals surface area (Å²) in [6, 6.07) is 19.6. The Bertz CT molecular complexity index is 867. The molecule has 2 aromatic carbocycles. The Morgan fingerprint density at radius 3 is 2.50 bits per heavy atom. The van der Waals surface area contributed by atoms with Crippen molar-refractivity contribution in [3.05, 3.63) is 65.9 Å². The van der Waals surface area contributed by atoms with Crippen LogP contribution in [0.25, 0.3) is 5.69 Å². The van der Waals surface area contributed by atoms with E-state index in [1.807, 2.05) is 66.5 Å². The molecule has 0 fully saturated rings.